The van der Waals surface area contributed by atoms with E-state index in [9.17, 15) is 8.78 Å². The minimum atomic E-state index is -0.422. The average molecular weight is 328 g/mol. The molecule has 0 unspecified atom stereocenters. The third-order valence-electron chi connectivity index (χ3n) is 2.44. The van der Waals surface area contributed by atoms with E-state index in [2.05, 4.69) is 21.2 Å². The quantitative estimate of drug-likeness (QED) is 0.830. The fourth-order valence-electron chi connectivity index (χ4n) is 1.54. The molecule has 0 radical (unpaired) electrons. The molecule has 2 nitrogen and oxygen atoms in total. The van der Waals surface area contributed by atoms with Crippen LogP contribution in [0.5, 0.6) is 5.75 Å². The first kappa shape index (κ1) is 13.8. The smallest absolute Gasteiger partial charge is 0.165 e. The van der Waals surface area contributed by atoms with Crippen LogP contribution in [-0.4, -0.2) is 13.2 Å². The second kappa shape index (κ2) is 6.52. The Morgan fingerprint density at radius 2 is 1.84 bits per heavy atom. The largest absolute Gasteiger partial charge is 0.489 e. The van der Waals surface area contributed by atoms with Gasteiger partial charge in [-0.1, -0.05) is 28.1 Å². The topological polar surface area (TPSA) is 21.3 Å². The zero-order valence-corrected chi connectivity index (χ0v) is 11.6. The van der Waals surface area contributed by atoms with Gasteiger partial charge < -0.3 is 10.1 Å². The summed E-state index contributed by atoms with van der Waals surface area (Å²) in [6.07, 6.45) is 0. The molecule has 0 spiro atoms. The molecule has 0 bridgehead atoms. The number of hydrogen-bond acceptors (Lipinski definition) is 2. The molecule has 0 saturated carbocycles. The lowest BCUT2D eigenvalue weighted by molar-refractivity contribution is 0.315. The van der Waals surface area contributed by atoms with E-state index < -0.39 is 5.82 Å². The molecule has 0 heterocycles. The summed E-state index contributed by atoms with van der Waals surface area (Å²) >= 11 is 3.24. The lowest BCUT2D eigenvalue weighted by Crippen LogP contribution is -2.12. The molecule has 1 N–H and O–H groups in total. The van der Waals surface area contributed by atoms with Crippen molar-refractivity contribution in [2.45, 2.75) is 0 Å². The lowest BCUT2D eigenvalue weighted by Gasteiger charge is -2.10. The van der Waals surface area contributed by atoms with Gasteiger partial charge in [-0.3, -0.25) is 0 Å². The van der Waals surface area contributed by atoms with Crippen molar-refractivity contribution in [3.8, 4) is 5.75 Å². The summed E-state index contributed by atoms with van der Waals surface area (Å²) < 4.78 is 32.7. The first-order chi connectivity index (χ1) is 9.16. The van der Waals surface area contributed by atoms with Gasteiger partial charge in [0.2, 0.25) is 0 Å². The van der Waals surface area contributed by atoms with Crippen molar-refractivity contribution in [2.24, 2.45) is 0 Å². The summed E-state index contributed by atoms with van der Waals surface area (Å²) in [5, 5.41) is 2.88. The Morgan fingerprint density at radius 3 is 2.63 bits per heavy atom. The summed E-state index contributed by atoms with van der Waals surface area (Å²) in [4.78, 5) is 0. The van der Waals surface area contributed by atoms with Crippen molar-refractivity contribution in [1.82, 2.24) is 0 Å². The number of halogens is 3. The molecule has 2 aromatic rings. The molecule has 0 aliphatic rings. The molecule has 100 valence electrons. The summed E-state index contributed by atoms with van der Waals surface area (Å²) in [5.74, 6) is -0.574. The molecule has 2 aromatic carbocycles. The van der Waals surface area contributed by atoms with Gasteiger partial charge in [0.15, 0.2) is 11.6 Å². The highest BCUT2D eigenvalue weighted by Crippen LogP contribution is 2.22. The molecular formula is C14H12BrF2NO. The number of para-hydroxylation sites is 1. The molecule has 5 heteroatoms. The Kier molecular flexibility index (Phi) is 4.74. The van der Waals surface area contributed by atoms with E-state index in [1.165, 1.54) is 12.1 Å². The van der Waals surface area contributed by atoms with Crippen molar-refractivity contribution >= 4 is 21.6 Å². The van der Waals surface area contributed by atoms with Crippen LogP contribution >= 0.6 is 15.9 Å². The molecule has 2 rings (SSSR count). The van der Waals surface area contributed by atoms with E-state index in [-0.39, 0.29) is 18.2 Å². The van der Waals surface area contributed by atoms with E-state index in [0.29, 0.717) is 12.2 Å². The predicted molar refractivity (Wildman–Crippen MR) is 74.5 cm³/mol. The predicted octanol–water partition coefficient (Wildman–Crippen LogP) is 4.22. The van der Waals surface area contributed by atoms with Crippen LogP contribution in [0.4, 0.5) is 14.5 Å². The fourth-order valence-corrected chi connectivity index (χ4v) is 1.88. The molecular weight excluding hydrogens is 316 g/mol. The van der Waals surface area contributed by atoms with Crippen molar-refractivity contribution in [3.05, 3.63) is 58.6 Å². The number of hydrogen-bond donors (Lipinski definition) is 1. The van der Waals surface area contributed by atoms with Crippen molar-refractivity contribution in [3.63, 3.8) is 0 Å². The summed E-state index contributed by atoms with van der Waals surface area (Å²) in [6, 6.07) is 10.8. The summed E-state index contributed by atoms with van der Waals surface area (Å²) in [7, 11) is 0. The van der Waals surface area contributed by atoms with E-state index in [4.69, 9.17) is 4.74 Å². The second-order valence-corrected chi connectivity index (χ2v) is 4.75. The van der Waals surface area contributed by atoms with Crippen molar-refractivity contribution in [2.75, 3.05) is 18.5 Å². The van der Waals surface area contributed by atoms with Crippen molar-refractivity contribution < 1.29 is 13.5 Å². The van der Waals surface area contributed by atoms with Crippen molar-refractivity contribution in [1.29, 1.82) is 0 Å². The monoisotopic (exact) mass is 327 g/mol. The fraction of sp³-hybridized carbons (Fsp3) is 0.143. The van der Waals surface area contributed by atoms with Gasteiger partial charge in [-0.15, -0.1) is 0 Å². The molecule has 0 aliphatic carbocycles. The standard InChI is InChI=1S/C14H12BrF2NO/c15-10-5-6-12(17)14(9-10)19-8-7-18-13-4-2-1-3-11(13)16/h1-6,9,18H,7-8H2. The SMILES string of the molecule is Fc1ccccc1NCCOc1cc(Br)ccc1F. The molecule has 0 atom stereocenters. The highest BCUT2D eigenvalue weighted by atomic mass is 79.9. The summed E-state index contributed by atoms with van der Waals surface area (Å²) in [5.41, 5.74) is 0.404. The maximum Gasteiger partial charge on any atom is 0.165 e. The maximum atomic E-state index is 13.4. The Hall–Kier alpha value is -1.62. The normalized spacial score (nSPS) is 10.3. The highest BCUT2D eigenvalue weighted by molar-refractivity contribution is 9.10. The average Bonchev–Trinajstić information content (AvgIpc) is 2.40. The van der Waals surface area contributed by atoms with Crippen LogP contribution in [-0.2, 0) is 0 Å². The zero-order valence-electron chi connectivity index (χ0n) is 10.00. The van der Waals surface area contributed by atoms with E-state index in [1.54, 1.807) is 30.3 Å². The number of nitrogens with one attached hydrogen (secondary N) is 1. The Balaban J connectivity index is 1.84. The van der Waals surface area contributed by atoms with Crippen LogP contribution in [0.3, 0.4) is 0 Å². The number of ether oxygens (including phenoxy) is 1. The number of benzene rings is 2. The van der Waals surface area contributed by atoms with Gasteiger partial charge in [-0.2, -0.15) is 0 Å². The van der Waals surface area contributed by atoms with Gasteiger partial charge in [0, 0.05) is 11.0 Å². The van der Waals surface area contributed by atoms with Gasteiger partial charge in [0.25, 0.3) is 0 Å². The van der Waals surface area contributed by atoms with Crippen LogP contribution in [0.2, 0.25) is 0 Å². The zero-order chi connectivity index (χ0) is 13.7. The molecule has 0 aromatic heterocycles. The van der Waals surface area contributed by atoms with Gasteiger partial charge in [-0.05, 0) is 30.3 Å². The second-order valence-electron chi connectivity index (χ2n) is 3.83. The third-order valence-corrected chi connectivity index (χ3v) is 2.94. The van der Waals surface area contributed by atoms with Gasteiger partial charge >= 0.3 is 0 Å². The van der Waals surface area contributed by atoms with E-state index in [1.807, 2.05) is 0 Å². The van der Waals surface area contributed by atoms with Crippen LogP contribution in [0.1, 0.15) is 0 Å². The van der Waals surface area contributed by atoms with Gasteiger partial charge in [0.05, 0.1) is 5.69 Å². The lowest BCUT2D eigenvalue weighted by atomic mass is 10.3. The maximum absolute atomic E-state index is 13.4. The Morgan fingerprint density at radius 1 is 1.05 bits per heavy atom. The molecule has 0 fully saturated rings. The number of rotatable bonds is 5. The van der Waals surface area contributed by atoms with Gasteiger partial charge in [-0.25, -0.2) is 8.78 Å². The van der Waals surface area contributed by atoms with E-state index >= 15 is 0 Å². The molecule has 19 heavy (non-hydrogen) atoms. The van der Waals surface area contributed by atoms with Crippen LogP contribution in [0.15, 0.2) is 46.9 Å². The van der Waals surface area contributed by atoms with Gasteiger partial charge in [0.1, 0.15) is 12.4 Å². The molecule has 0 aliphatic heterocycles. The number of anilines is 1. The van der Waals surface area contributed by atoms with E-state index in [0.717, 1.165) is 4.47 Å². The Bertz CT molecular complexity index is 563. The minimum Gasteiger partial charge on any atom is -0.489 e. The van der Waals surface area contributed by atoms with Crippen LogP contribution in [0.25, 0.3) is 0 Å². The Labute approximate surface area is 118 Å². The van der Waals surface area contributed by atoms with Crippen LogP contribution in [0, 0.1) is 11.6 Å². The highest BCUT2D eigenvalue weighted by Gasteiger charge is 2.04. The summed E-state index contributed by atoms with van der Waals surface area (Å²) in [6.45, 7) is 0.620. The van der Waals surface area contributed by atoms with Crippen LogP contribution < -0.4 is 10.1 Å². The first-order valence-corrected chi connectivity index (χ1v) is 6.52. The third kappa shape index (κ3) is 3.92. The minimum absolute atomic E-state index is 0.171. The first-order valence-electron chi connectivity index (χ1n) is 5.73. The molecule has 0 saturated heterocycles. The molecule has 0 amide bonds.